The third-order valence-corrected chi connectivity index (χ3v) is 6.64. The first-order chi connectivity index (χ1) is 16.7. The van der Waals surface area contributed by atoms with Gasteiger partial charge in [-0.3, -0.25) is 9.52 Å². The lowest BCUT2D eigenvalue weighted by Crippen LogP contribution is -2.31. The summed E-state index contributed by atoms with van der Waals surface area (Å²) in [5, 5.41) is 0. The number of carbonyl (C=O) groups is 1. The first-order valence-corrected chi connectivity index (χ1v) is 12.3. The number of anilines is 2. The Morgan fingerprint density at radius 3 is 2.66 bits per heavy atom. The van der Waals surface area contributed by atoms with E-state index in [4.69, 9.17) is 15.2 Å². The molecule has 0 saturated carbocycles. The molecule has 0 amide bonds. The van der Waals surface area contributed by atoms with Gasteiger partial charge in [0, 0.05) is 23.8 Å². The van der Waals surface area contributed by atoms with Crippen molar-refractivity contribution in [1.82, 2.24) is 4.98 Å². The molecule has 2 aliphatic rings. The van der Waals surface area contributed by atoms with Gasteiger partial charge in [0.25, 0.3) is 10.0 Å². The van der Waals surface area contributed by atoms with Gasteiger partial charge in [0.05, 0.1) is 22.8 Å². The number of carbonyl (C=O) groups excluding carboxylic acids is 1. The summed E-state index contributed by atoms with van der Waals surface area (Å²) in [6.45, 7) is 8.25. The number of hydrogen-bond acceptors (Lipinski definition) is 7. The highest BCUT2D eigenvalue weighted by Gasteiger charge is 2.32. The number of halogens is 2. The van der Waals surface area contributed by atoms with Crippen molar-refractivity contribution in [3.05, 3.63) is 82.6 Å². The Labute approximate surface area is 202 Å². The lowest BCUT2D eigenvalue weighted by Gasteiger charge is -2.29. The predicted octanol–water partition coefficient (Wildman–Crippen LogP) is 4.19. The van der Waals surface area contributed by atoms with E-state index >= 15 is 4.39 Å². The normalized spacial score (nSPS) is 17.0. The lowest BCUT2D eigenvalue weighted by atomic mass is 9.97. The van der Waals surface area contributed by atoms with Crippen molar-refractivity contribution in [2.75, 3.05) is 23.7 Å². The molecule has 0 radical (unpaired) electrons. The topological polar surface area (TPSA) is 121 Å². The van der Waals surface area contributed by atoms with Crippen LogP contribution in [0.4, 0.5) is 20.3 Å². The minimum absolute atomic E-state index is 0.0210. The van der Waals surface area contributed by atoms with Crippen molar-refractivity contribution < 1.29 is 31.5 Å². The molecule has 186 valence electrons. The fourth-order valence-corrected chi connectivity index (χ4v) is 4.66. The maximum absolute atomic E-state index is 15.2. The molecule has 0 spiro atoms. The Hall–Kier alpha value is -3.57. The molecule has 0 bridgehead atoms. The van der Waals surface area contributed by atoms with Crippen LogP contribution in [0.15, 0.2) is 59.9 Å². The predicted molar refractivity (Wildman–Crippen MR) is 129 cm³/mol. The van der Waals surface area contributed by atoms with Crippen molar-refractivity contribution in [1.29, 1.82) is 0 Å². The fraction of sp³-hybridized carbons (Fsp3) is 0.250. The second-order valence-corrected chi connectivity index (χ2v) is 8.98. The summed E-state index contributed by atoms with van der Waals surface area (Å²) >= 11 is 0. The lowest BCUT2D eigenvalue weighted by molar-refractivity contribution is -0.0418. The van der Waals surface area contributed by atoms with Crippen LogP contribution >= 0.6 is 0 Å². The number of nitrogen functional groups attached to an aromatic ring is 1. The number of ketones is 1. The molecule has 11 heteroatoms. The number of Topliss-reactive ketones (excluding diaryl/α,β-unsaturated/α-hetero) is 1. The van der Waals surface area contributed by atoms with E-state index in [1.54, 1.807) is 0 Å². The van der Waals surface area contributed by atoms with Crippen LogP contribution in [0.25, 0.3) is 5.57 Å². The standard InChI is InChI=1S/C22H19F2N3O5S.C2H6/c1-12(14-3-2-8-26-22(14)25)21(28)19-15(23)5-6-16(20(19)24)27-33(29,30)13-4-7-17-18(11-13)32-10-9-31-17;1-2/h2-8,18,27H,1,9-11H2,(H2,25,26);1-2H3. The Bertz CT molecular complexity index is 1320. The molecule has 4 rings (SSSR count). The highest BCUT2D eigenvalue weighted by molar-refractivity contribution is 7.96. The van der Waals surface area contributed by atoms with E-state index in [0.29, 0.717) is 19.0 Å². The second-order valence-electron chi connectivity index (χ2n) is 7.25. The zero-order chi connectivity index (χ0) is 25.8. The highest BCUT2D eigenvalue weighted by atomic mass is 32.2. The van der Waals surface area contributed by atoms with E-state index in [-0.39, 0.29) is 28.3 Å². The SMILES string of the molecule is C=C(C(=O)c1c(F)ccc(NS(=O)(=O)C2=CC=C3OCCOC3C2)c1F)c1cccnc1N.CC. The van der Waals surface area contributed by atoms with Crippen LogP contribution in [-0.2, 0) is 19.5 Å². The van der Waals surface area contributed by atoms with E-state index in [1.165, 1.54) is 30.5 Å². The van der Waals surface area contributed by atoms with E-state index in [1.807, 2.05) is 13.8 Å². The number of allylic oxidation sites excluding steroid dienone is 3. The number of nitrogens with two attached hydrogens (primary N) is 1. The minimum Gasteiger partial charge on any atom is -0.493 e. The van der Waals surface area contributed by atoms with Crippen molar-refractivity contribution in [3.8, 4) is 0 Å². The molecule has 3 N–H and O–H groups in total. The van der Waals surface area contributed by atoms with Crippen LogP contribution < -0.4 is 10.5 Å². The van der Waals surface area contributed by atoms with Crippen LogP contribution in [-0.4, -0.2) is 38.5 Å². The summed E-state index contributed by atoms with van der Waals surface area (Å²) in [5.74, 6) is -3.19. The monoisotopic (exact) mass is 505 g/mol. The van der Waals surface area contributed by atoms with Gasteiger partial charge in [-0.25, -0.2) is 22.2 Å². The first-order valence-electron chi connectivity index (χ1n) is 10.8. The molecule has 2 aromatic rings. The Morgan fingerprint density at radius 2 is 1.94 bits per heavy atom. The number of nitrogens with one attached hydrogen (secondary N) is 1. The first kappa shape index (κ1) is 26.0. The number of nitrogens with zero attached hydrogens (tertiary/aromatic N) is 1. The zero-order valence-corrected chi connectivity index (χ0v) is 20.0. The smallest absolute Gasteiger partial charge is 0.258 e. The van der Waals surface area contributed by atoms with Gasteiger partial charge in [-0.15, -0.1) is 0 Å². The number of fused-ring (bicyclic) bond motifs is 1. The number of ether oxygens (including phenoxy) is 2. The molecule has 1 unspecified atom stereocenters. The minimum atomic E-state index is -4.24. The van der Waals surface area contributed by atoms with Crippen molar-refractivity contribution >= 4 is 32.9 Å². The van der Waals surface area contributed by atoms with Gasteiger partial charge in [0.2, 0.25) is 0 Å². The molecule has 35 heavy (non-hydrogen) atoms. The molecule has 1 aliphatic heterocycles. The van der Waals surface area contributed by atoms with Gasteiger partial charge in [0.15, 0.2) is 11.6 Å². The van der Waals surface area contributed by atoms with Crippen molar-refractivity contribution in [2.24, 2.45) is 0 Å². The molecule has 1 fully saturated rings. The summed E-state index contributed by atoms with van der Waals surface area (Å²) in [5.41, 5.74) is 3.98. The molecular weight excluding hydrogens is 480 g/mol. The maximum Gasteiger partial charge on any atom is 0.258 e. The van der Waals surface area contributed by atoms with Gasteiger partial charge in [-0.2, -0.15) is 0 Å². The van der Waals surface area contributed by atoms with E-state index in [2.05, 4.69) is 16.3 Å². The summed E-state index contributed by atoms with van der Waals surface area (Å²) < 4.78 is 68.3. The number of benzene rings is 1. The molecule has 1 aliphatic carbocycles. The van der Waals surface area contributed by atoms with Crippen LogP contribution in [0.5, 0.6) is 0 Å². The Balaban J connectivity index is 0.00000167. The number of rotatable bonds is 6. The van der Waals surface area contributed by atoms with E-state index < -0.39 is 44.8 Å². The third-order valence-electron chi connectivity index (χ3n) is 5.15. The largest absolute Gasteiger partial charge is 0.493 e. The number of pyridine rings is 1. The molecule has 1 atom stereocenters. The van der Waals surface area contributed by atoms with Crippen LogP contribution in [0.3, 0.4) is 0 Å². The van der Waals surface area contributed by atoms with Gasteiger partial charge in [-0.1, -0.05) is 20.4 Å². The third kappa shape index (κ3) is 5.41. The molecular formula is C24H25F2N3O5S. The van der Waals surface area contributed by atoms with Gasteiger partial charge in [-0.05, 0) is 36.4 Å². The zero-order valence-electron chi connectivity index (χ0n) is 19.2. The second kappa shape index (κ2) is 10.8. The number of sulfonamides is 1. The average Bonchev–Trinajstić information content (AvgIpc) is 2.86. The quantitative estimate of drug-likeness (QED) is 0.446. The number of aromatic nitrogens is 1. The van der Waals surface area contributed by atoms with Crippen LogP contribution in [0.2, 0.25) is 0 Å². The number of hydrogen-bond donors (Lipinski definition) is 2. The summed E-state index contributed by atoms with van der Waals surface area (Å²) in [6, 6.07) is 4.60. The Morgan fingerprint density at radius 1 is 1.20 bits per heavy atom. The van der Waals surface area contributed by atoms with Crippen molar-refractivity contribution in [3.63, 3.8) is 0 Å². The fourth-order valence-electron chi connectivity index (χ4n) is 3.46. The van der Waals surface area contributed by atoms with E-state index in [0.717, 1.165) is 12.1 Å². The van der Waals surface area contributed by atoms with Crippen LogP contribution in [0, 0.1) is 11.6 Å². The van der Waals surface area contributed by atoms with Gasteiger partial charge < -0.3 is 15.2 Å². The molecule has 1 aromatic carbocycles. The molecule has 1 saturated heterocycles. The van der Waals surface area contributed by atoms with Gasteiger partial charge >= 0.3 is 0 Å². The average molecular weight is 506 g/mol. The van der Waals surface area contributed by atoms with E-state index in [9.17, 15) is 17.6 Å². The highest BCUT2D eigenvalue weighted by Crippen LogP contribution is 2.32. The summed E-state index contributed by atoms with van der Waals surface area (Å²) in [6.07, 6.45) is 3.59. The Kier molecular flexibility index (Phi) is 8.03. The molecule has 2 heterocycles. The summed E-state index contributed by atoms with van der Waals surface area (Å²) in [4.78, 5) is 16.6. The van der Waals surface area contributed by atoms with Crippen molar-refractivity contribution in [2.45, 2.75) is 26.4 Å². The molecule has 1 aromatic heterocycles. The molecule has 8 nitrogen and oxygen atoms in total. The van der Waals surface area contributed by atoms with Crippen LogP contribution in [0.1, 0.15) is 36.2 Å². The van der Waals surface area contributed by atoms with Gasteiger partial charge in [0.1, 0.15) is 30.1 Å². The summed E-state index contributed by atoms with van der Waals surface area (Å²) in [7, 11) is -4.24. The maximum atomic E-state index is 15.2.